The van der Waals surface area contributed by atoms with Crippen molar-refractivity contribution in [3.05, 3.63) is 51.5 Å². The van der Waals surface area contributed by atoms with Crippen LogP contribution in [0, 0.1) is 0 Å². The van der Waals surface area contributed by atoms with Crippen molar-refractivity contribution >= 4 is 32.8 Å². The summed E-state index contributed by atoms with van der Waals surface area (Å²) in [6.45, 7) is 0. The van der Waals surface area contributed by atoms with E-state index in [0.29, 0.717) is 0 Å². The molecule has 2 aromatic heterocycles. The first-order valence-electron chi connectivity index (χ1n) is 6.09. The zero-order valence-corrected chi connectivity index (χ0v) is 12.5. The highest BCUT2D eigenvalue weighted by molar-refractivity contribution is 7.17. The molecule has 1 unspecified atom stereocenters. The molecule has 4 heteroatoms. The Balaban J connectivity index is 2.06. The molecule has 1 N–H and O–H groups in total. The average Bonchev–Trinajstić information content (AvgIpc) is 3.07. The van der Waals surface area contributed by atoms with Gasteiger partial charge in [0.15, 0.2) is 0 Å². The monoisotopic (exact) mass is 289 g/mol. The van der Waals surface area contributed by atoms with E-state index in [4.69, 9.17) is 4.74 Å². The molecular weight excluding hydrogens is 274 g/mol. The number of hydrogen-bond acceptors (Lipinski definition) is 4. The van der Waals surface area contributed by atoms with Gasteiger partial charge in [0.1, 0.15) is 5.75 Å². The second kappa shape index (κ2) is 5.33. The topological polar surface area (TPSA) is 21.3 Å². The van der Waals surface area contributed by atoms with Gasteiger partial charge in [0.05, 0.1) is 13.2 Å². The maximum absolute atomic E-state index is 5.28. The highest BCUT2D eigenvalue weighted by Gasteiger charge is 2.18. The summed E-state index contributed by atoms with van der Waals surface area (Å²) >= 11 is 3.53. The predicted octanol–water partition coefficient (Wildman–Crippen LogP) is 4.28. The second-order valence-corrected chi connectivity index (χ2v) is 6.15. The minimum absolute atomic E-state index is 0.227. The Morgan fingerprint density at radius 2 is 2.00 bits per heavy atom. The number of hydrogen-bond donors (Lipinski definition) is 1. The summed E-state index contributed by atoms with van der Waals surface area (Å²) in [5, 5.41) is 9.04. The maximum atomic E-state index is 5.28. The Kier molecular flexibility index (Phi) is 3.55. The lowest BCUT2D eigenvalue weighted by Crippen LogP contribution is -2.15. The van der Waals surface area contributed by atoms with E-state index in [1.807, 2.05) is 12.4 Å². The fraction of sp³-hybridized carbons (Fsp3) is 0.200. The van der Waals surface area contributed by atoms with Gasteiger partial charge in [-0.3, -0.25) is 0 Å². The quantitative estimate of drug-likeness (QED) is 0.774. The number of benzene rings is 1. The Morgan fingerprint density at radius 1 is 1.16 bits per heavy atom. The van der Waals surface area contributed by atoms with Gasteiger partial charge in [-0.25, -0.2) is 0 Å². The zero-order valence-electron chi connectivity index (χ0n) is 10.8. The third kappa shape index (κ3) is 2.27. The summed E-state index contributed by atoms with van der Waals surface area (Å²) in [7, 11) is 3.71. The largest absolute Gasteiger partial charge is 0.496 e. The molecule has 19 heavy (non-hydrogen) atoms. The number of rotatable bonds is 4. The molecule has 3 aromatic rings. The van der Waals surface area contributed by atoms with Crippen molar-refractivity contribution in [2.75, 3.05) is 14.2 Å². The van der Waals surface area contributed by atoms with Crippen LogP contribution >= 0.6 is 22.7 Å². The van der Waals surface area contributed by atoms with Crippen LogP contribution in [0.25, 0.3) is 10.1 Å². The van der Waals surface area contributed by atoms with Crippen LogP contribution in [0.4, 0.5) is 0 Å². The van der Waals surface area contributed by atoms with E-state index in [1.165, 1.54) is 20.5 Å². The molecular formula is C15H15NOS2. The first kappa shape index (κ1) is 12.7. The smallest absolute Gasteiger partial charge is 0.129 e. The SMILES string of the molecule is CNC(c1cc(OC)cs1)c1csc2ccccc12. The summed E-state index contributed by atoms with van der Waals surface area (Å²) < 4.78 is 6.61. The molecule has 0 aliphatic rings. The number of fused-ring (bicyclic) bond motifs is 1. The molecule has 1 atom stereocenters. The van der Waals surface area contributed by atoms with Crippen LogP contribution in [0.1, 0.15) is 16.5 Å². The van der Waals surface area contributed by atoms with E-state index < -0.39 is 0 Å². The molecule has 0 saturated heterocycles. The van der Waals surface area contributed by atoms with Crippen LogP contribution in [0.15, 0.2) is 41.1 Å². The Bertz CT molecular complexity index is 686. The lowest BCUT2D eigenvalue weighted by atomic mass is 10.0. The van der Waals surface area contributed by atoms with E-state index in [9.17, 15) is 0 Å². The number of methoxy groups -OCH3 is 1. The van der Waals surface area contributed by atoms with Gasteiger partial charge in [0.2, 0.25) is 0 Å². The van der Waals surface area contributed by atoms with Gasteiger partial charge in [-0.05, 0) is 35.5 Å². The molecule has 0 saturated carbocycles. The third-order valence-corrected chi connectivity index (χ3v) is 5.18. The van der Waals surface area contributed by atoms with Crippen molar-refractivity contribution in [1.82, 2.24) is 5.32 Å². The van der Waals surface area contributed by atoms with Crippen LogP contribution in [-0.4, -0.2) is 14.2 Å². The Labute approximate surface area is 120 Å². The Morgan fingerprint density at radius 3 is 2.74 bits per heavy atom. The van der Waals surface area contributed by atoms with Crippen molar-refractivity contribution < 1.29 is 4.74 Å². The van der Waals surface area contributed by atoms with Gasteiger partial charge in [-0.2, -0.15) is 0 Å². The fourth-order valence-electron chi connectivity index (χ4n) is 2.27. The first-order valence-corrected chi connectivity index (χ1v) is 7.85. The molecule has 3 rings (SSSR count). The molecule has 1 aromatic carbocycles. The maximum Gasteiger partial charge on any atom is 0.129 e. The summed E-state index contributed by atoms with van der Waals surface area (Å²) in [6, 6.07) is 10.9. The molecule has 2 heterocycles. The molecule has 0 spiro atoms. The van der Waals surface area contributed by atoms with Crippen molar-refractivity contribution in [1.29, 1.82) is 0 Å². The van der Waals surface area contributed by atoms with Gasteiger partial charge in [-0.15, -0.1) is 22.7 Å². The van der Waals surface area contributed by atoms with Crippen molar-refractivity contribution in [3.63, 3.8) is 0 Å². The average molecular weight is 289 g/mol. The summed E-state index contributed by atoms with van der Waals surface area (Å²) in [5.41, 5.74) is 1.34. The van der Waals surface area contributed by atoms with Crippen LogP contribution in [-0.2, 0) is 0 Å². The molecule has 0 aliphatic carbocycles. The Hall–Kier alpha value is -1.36. The molecule has 98 valence electrons. The minimum atomic E-state index is 0.227. The normalized spacial score (nSPS) is 12.7. The standard InChI is InChI=1S/C15H15NOS2/c1-16-15(14-7-10(17-2)8-18-14)12-9-19-13-6-4-3-5-11(12)13/h3-9,15-16H,1-2H3. The second-order valence-electron chi connectivity index (χ2n) is 4.30. The summed E-state index contributed by atoms with van der Waals surface area (Å²) in [6.07, 6.45) is 0. The van der Waals surface area contributed by atoms with Crippen molar-refractivity contribution in [3.8, 4) is 5.75 Å². The number of thiophene rings is 2. The van der Waals surface area contributed by atoms with Crippen LogP contribution in [0.2, 0.25) is 0 Å². The molecule has 0 aliphatic heterocycles. The van der Waals surface area contributed by atoms with E-state index in [0.717, 1.165) is 5.75 Å². The van der Waals surface area contributed by atoms with Gasteiger partial charge in [-0.1, -0.05) is 18.2 Å². The van der Waals surface area contributed by atoms with Crippen LogP contribution < -0.4 is 10.1 Å². The molecule has 0 radical (unpaired) electrons. The third-order valence-electron chi connectivity index (χ3n) is 3.23. The van der Waals surface area contributed by atoms with Crippen molar-refractivity contribution in [2.45, 2.75) is 6.04 Å². The molecule has 0 fully saturated rings. The van der Waals surface area contributed by atoms with E-state index in [1.54, 1.807) is 29.8 Å². The fourth-order valence-corrected chi connectivity index (χ4v) is 4.23. The predicted molar refractivity (Wildman–Crippen MR) is 83.6 cm³/mol. The van der Waals surface area contributed by atoms with Gasteiger partial charge in [0, 0.05) is 15.0 Å². The highest BCUT2D eigenvalue weighted by atomic mass is 32.1. The number of ether oxygens (including phenoxy) is 1. The van der Waals surface area contributed by atoms with Crippen LogP contribution in [0.5, 0.6) is 5.75 Å². The molecule has 2 nitrogen and oxygen atoms in total. The van der Waals surface area contributed by atoms with E-state index in [2.05, 4.69) is 41.0 Å². The van der Waals surface area contributed by atoms with Crippen molar-refractivity contribution in [2.24, 2.45) is 0 Å². The number of nitrogens with one attached hydrogen (secondary N) is 1. The van der Waals surface area contributed by atoms with Gasteiger partial charge in [0.25, 0.3) is 0 Å². The van der Waals surface area contributed by atoms with E-state index in [-0.39, 0.29) is 6.04 Å². The van der Waals surface area contributed by atoms with Gasteiger partial charge >= 0.3 is 0 Å². The van der Waals surface area contributed by atoms with Crippen LogP contribution in [0.3, 0.4) is 0 Å². The molecule has 0 amide bonds. The lowest BCUT2D eigenvalue weighted by Gasteiger charge is -2.13. The molecule has 0 bridgehead atoms. The first-order chi connectivity index (χ1) is 9.33. The lowest BCUT2D eigenvalue weighted by molar-refractivity contribution is 0.416. The summed E-state index contributed by atoms with van der Waals surface area (Å²) in [4.78, 5) is 1.28. The van der Waals surface area contributed by atoms with E-state index >= 15 is 0 Å². The summed E-state index contributed by atoms with van der Waals surface area (Å²) in [5.74, 6) is 0.930. The van der Waals surface area contributed by atoms with Gasteiger partial charge < -0.3 is 10.1 Å². The minimum Gasteiger partial charge on any atom is -0.496 e. The zero-order chi connectivity index (χ0) is 13.2. The highest BCUT2D eigenvalue weighted by Crippen LogP contribution is 2.36.